The average Bonchev–Trinajstić information content (AvgIpc) is 2.93. The van der Waals surface area contributed by atoms with Crippen molar-refractivity contribution in [3.8, 4) is 5.75 Å². The van der Waals surface area contributed by atoms with E-state index in [1.54, 1.807) is 25.1 Å². The van der Waals surface area contributed by atoms with Crippen LogP contribution in [-0.2, 0) is 20.8 Å². The Bertz CT molecular complexity index is 1220. The fourth-order valence-corrected chi connectivity index (χ4v) is 4.79. The van der Waals surface area contributed by atoms with E-state index in [0.717, 1.165) is 11.3 Å². The van der Waals surface area contributed by atoms with Crippen molar-refractivity contribution >= 4 is 17.7 Å². The predicted molar refractivity (Wildman–Crippen MR) is 157 cm³/mol. The number of piperidine rings is 1. The van der Waals surface area contributed by atoms with Gasteiger partial charge < -0.3 is 29.3 Å². The number of likely N-dealkylation sites (tertiary alicyclic amines) is 1. The Labute approximate surface area is 242 Å². The third kappa shape index (κ3) is 9.21. The summed E-state index contributed by atoms with van der Waals surface area (Å²) in [6, 6.07) is 7.43. The van der Waals surface area contributed by atoms with Gasteiger partial charge in [-0.2, -0.15) is 5.10 Å². The van der Waals surface area contributed by atoms with E-state index in [2.05, 4.69) is 10.4 Å². The Morgan fingerprint density at radius 3 is 2.41 bits per heavy atom. The van der Waals surface area contributed by atoms with E-state index >= 15 is 0 Å². The Kier molecular flexibility index (Phi) is 11.2. The number of carbonyl (C=O) groups is 2. The number of methoxy groups -OCH3 is 1. The number of benzene rings is 1. The van der Waals surface area contributed by atoms with Crippen LogP contribution in [0, 0.1) is 6.92 Å². The second-order valence-corrected chi connectivity index (χ2v) is 11.4. The molecule has 1 fully saturated rings. The number of likely N-dealkylation sites (N-methyl/N-ethyl adjacent to an activating group) is 1. The second-order valence-electron chi connectivity index (χ2n) is 11.4. The molecule has 1 aliphatic rings. The molecule has 11 nitrogen and oxygen atoms in total. The van der Waals surface area contributed by atoms with Crippen molar-refractivity contribution in [2.24, 2.45) is 0 Å². The molecule has 0 unspecified atom stereocenters. The number of nitrogens with zero attached hydrogens (tertiary/aromatic N) is 4. The van der Waals surface area contributed by atoms with Crippen LogP contribution in [0.2, 0.25) is 0 Å². The van der Waals surface area contributed by atoms with E-state index < -0.39 is 5.60 Å². The maximum absolute atomic E-state index is 13.0. The summed E-state index contributed by atoms with van der Waals surface area (Å²) < 4.78 is 17.8. The molecular formula is C30H45N5O6. The first-order valence-electron chi connectivity index (χ1n) is 14.2. The summed E-state index contributed by atoms with van der Waals surface area (Å²) in [6.07, 6.45) is 2.74. The van der Waals surface area contributed by atoms with Crippen LogP contribution < -0.4 is 15.6 Å². The molecule has 0 spiro atoms. The number of nitrogens with one attached hydrogen (secondary N) is 1. The predicted octanol–water partition coefficient (Wildman–Crippen LogP) is 3.67. The molecule has 2 aromatic rings. The highest BCUT2D eigenvalue weighted by Gasteiger charge is 2.31. The molecular weight excluding hydrogens is 526 g/mol. The van der Waals surface area contributed by atoms with Crippen molar-refractivity contribution in [1.29, 1.82) is 0 Å². The molecule has 41 heavy (non-hydrogen) atoms. The number of aromatic nitrogens is 2. The highest BCUT2D eigenvalue weighted by atomic mass is 16.6. The first-order valence-corrected chi connectivity index (χ1v) is 14.2. The lowest BCUT2D eigenvalue weighted by atomic mass is 10.0. The van der Waals surface area contributed by atoms with Gasteiger partial charge in [-0.3, -0.25) is 9.59 Å². The highest BCUT2D eigenvalue weighted by molar-refractivity contribution is 5.78. The average molecular weight is 572 g/mol. The minimum absolute atomic E-state index is 0.0349. The van der Waals surface area contributed by atoms with Crippen molar-refractivity contribution < 1.29 is 23.8 Å². The van der Waals surface area contributed by atoms with Gasteiger partial charge in [0.1, 0.15) is 18.0 Å². The molecule has 226 valence electrons. The smallest absolute Gasteiger partial charge is 0.410 e. The summed E-state index contributed by atoms with van der Waals surface area (Å²) in [4.78, 5) is 41.7. The van der Waals surface area contributed by atoms with Crippen molar-refractivity contribution in [2.45, 2.75) is 78.6 Å². The highest BCUT2D eigenvalue weighted by Crippen LogP contribution is 2.20. The minimum atomic E-state index is -0.532. The Hall–Kier alpha value is -3.60. The molecule has 1 aromatic carbocycles. The van der Waals surface area contributed by atoms with Crippen molar-refractivity contribution in [2.75, 3.05) is 45.3 Å². The lowest BCUT2D eigenvalue weighted by Gasteiger charge is -2.38. The molecule has 1 N–H and O–H groups in total. The molecule has 2 heterocycles. The number of rotatable bonds is 11. The van der Waals surface area contributed by atoms with Gasteiger partial charge in [-0.1, -0.05) is 12.1 Å². The third-order valence-electron chi connectivity index (χ3n) is 6.99. The zero-order chi connectivity index (χ0) is 30.2. The van der Waals surface area contributed by atoms with Crippen LogP contribution in [0.25, 0.3) is 0 Å². The van der Waals surface area contributed by atoms with Gasteiger partial charge >= 0.3 is 6.09 Å². The fourth-order valence-electron chi connectivity index (χ4n) is 4.79. The monoisotopic (exact) mass is 571 g/mol. The van der Waals surface area contributed by atoms with Gasteiger partial charge in [0.15, 0.2) is 0 Å². The van der Waals surface area contributed by atoms with Crippen LogP contribution >= 0.6 is 0 Å². The Balaban J connectivity index is 1.46. The van der Waals surface area contributed by atoms with Gasteiger partial charge in [0.25, 0.3) is 5.56 Å². The van der Waals surface area contributed by atoms with Crippen LogP contribution in [-0.4, -0.2) is 89.2 Å². The topological polar surface area (TPSA) is 115 Å². The van der Waals surface area contributed by atoms with Gasteiger partial charge in [0.2, 0.25) is 5.91 Å². The van der Waals surface area contributed by atoms with Crippen LogP contribution in [0.5, 0.6) is 5.75 Å². The van der Waals surface area contributed by atoms with Crippen molar-refractivity contribution in [3.05, 3.63) is 51.9 Å². The number of ether oxygens (including phenoxy) is 3. The normalized spacial score (nSPS) is 14.9. The second kappa shape index (κ2) is 14.3. The fraction of sp³-hybridized carbons (Fsp3) is 0.600. The zero-order valence-electron chi connectivity index (χ0n) is 25.4. The molecule has 1 aliphatic heterocycles. The van der Waals surface area contributed by atoms with Crippen LogP contribution in [0.15, 0.2) is 35.3 Å². The molecule has 0 aliphatic carbocycles. The number of amides is 2. The van der Waals surface area contributed by atoms with Crippen molar-refractivity contribution in [3.63, 3.8) is 0 Å². The van der Waals surface area contributed by atoms with Gasteiger partial charge in [-0.05, 0) is 72.1 Å². The SMILES string of the molecule is CCN(C(=O)COC[C@H](C)Nc1cnn(Cc2ccc(OC)cc2)c(=O)c1C)C1CCN(C(=O)OC(C)(C)C)CC1. The van der Waals surface area contributed by atoms with E-state index in [9.17, 15) is 14.4 Å². The summed E-state index contributed by atoms with van der Waals surface area (Å²) in [5.41, 5.74) is 1.43. The lowest BCUT2D eigenvalue weighted by molar-refractivity contribution is -0.139. The van der Waals surface area contributed by atoms with Crippen LogP contribution in [0.4, 0.5) is 10.5 Å². The van der Waals surface area contributed by atoms with Crippen LogP contribution in [0.1, 0.15) is 58.6 Å². The van der Waals surface area contributed by atoms with E-state index in [0.29, 0.717) is 50.3 Å². The van der Waals surface area contributed by atoms with E-state index in [4.69, 9.17) is 14.2 Å². The summed E-state index contributed by atoms with van der Waals surface area (Å²) in [5, 5.41) is 7.61. The summed E-state index contributed by atoms with van der Waals surface area (Å²) >= 11 is 0. The number of hydrogen-bond donors (Lipinski definition) is 1. The number of hydrogen-bond acceptors (Lipinski definition) is 8. The van der Waals surface area contributed by atoms with Gasteiger partial charge in [-0.25, -0.2) is 9.48 Å². The van der Waals surface area contributed by atoms with E-state index in [-0.39, 0.29) is 42.9 Å². The molecule has 1 atom stereocenters. The standard InChI is InChI=1S/C30H45N5O6/c1-8-34(24-13-15-33(16-14-24)29(38)41-30(4,5)6)27(36)20-40-19-21(2)32-26-17-31-35(28(37)22(26)3)18-23-9-11-25(39-7)12-10-23/h9-12,17,21,24,32H,8,13-16,18-20H2,1-7H3/t21-/m0/s1. The zero-order valence-corrected chi connectivity index (χ0v) is 25.4. The van der Waals surface area contributed by atoms with Gasteiger partial charge in [-0.15, -0.1) is 0 Å². The molecule has 1 saturated heterocycles. The van der Waals surface area contributed by atoms with Gasteiger partial charge in [0.05, 0.1) is 32.1 Å². The third-order valence-corrected chi connectivity index (χ3v) is 6.99. The molecule has 0 radical (unpaired) electrons. The van der Waals surface area contributed by atoms with E-state index in [1.807, 2.05) is 63.8 Å². The molecule has 11 heteroatoms. The molecule has 3 rings (SSSR count). The largest absolute Gasteiger partial charge is 0.497 e. The number of carbonyl (C=O) groups excluding carboxylic acids is 2. The Morgan fingerprint density at radius 1 is 1.17 bits per heavy atom. The van der Waals surface area contributed by atoms with Crippen molar-refractivity contribution in [1.82, 2.24) is 19.6 Å². The summed E-state index contributed by atoms with van der Waals surface area (Å²) in [6.45, 7) is 13.5. The molecule has 1 aromatic heterocycles. The molecule has 0 saturated carbocycles. The van der Waals surface area contributed by atoms with Gasteiger partial charge in [0, 0.05) is 37.3 Å². The lowest BCUT2D eigenvalue weighted by Crippen LogP contribution is -2.50. The summed E-state index contributed by atoms with van der Waals surface area (Å²) in [5.74, 6) is 0.681. The van der Waals surface area contributed by atoms with E-state index in [1.165, 1.54) is 4.68 Å². The number of anilines is 1. The first-order chi connectivity index (χ1) is 19.4. The molecule has 0 bridgehead atoms. The first kappa shape index (κ1) is 31.9. The van der Waals surface area contributed by atoms with Crippen LogP contribution in [0.3, 0.4) is 0 Å². The maximum atomic E-state index is 13.0. The Morgan fingerprint density at radius 2 is 1.83 bits per heavy atom. The minimum Gasteiger partial charge on any atom is -0.497 e. The maximum Gasteiger partial charge on any atom is 0.410 e. The summed E-state index contributed by atoms with van der Waals surface area (Å²) in [7, 11) is 1.61. The molecule has 2 amide bonds. The quantitative estimate of drug-likeness (QED) is 0.435.